The predicted molar refractivity (Wildman–Crippen MR) is 59.6 cm³/mol. The average Bonchev–Trinajstić information content (AvgIpc) is 2.22. The number of likely N-dealkylation sites (N-methyl/N-ethyl adjacent to an activating group) is 1. The number of nitrogens with zero attached hydrogens (tertiary/aromatic N) is 1. The first kappa shape index (κ1) is 12.9. The van der Waals surface area contributed by atoms with Crippen LogP contribution in [-0.4, -0.2) is 68.8 Å². The van der Waals surface area contributed by atoms with Crippen LogP contribution in [-0.2, 0) is 9.84 Å². The molecule has 2 N–H and O–H groups in total. The van der Waals surface area contributed by atoms with Crippen LogP contribution >= 0.6 is 0 Å². The van der Waals surface area contributed by atoms with E-state index in [0.717, 1.165) is 6.54 Å². The summed E-state index contributed by atoms with van der Waals surface area (Å²) in [6, 6.07) is -0.141. The molecule has 0 aromatic carbocycles. The molecule has 0 aromatic rings. The van der Waals surface area contributed by atoms with Gasteiger partial charge in [-0.05, 0) is 21.0 Å². The van der Waals surface area contributed by atoms with Crippen LogP contribution in [0.25, 0.3) is 0 Å². The third kappa shape index (κ3) is 4.06. The first-order valence-corrected chi connectivity index (χ1v) is 6.91. The van der Waals surface area contributed by atoms with Crippen molar-refractivity contribution < 1.29 is 13.5 Å². The molecule has 0 saturated carbocycles. The van der Waals surface area contributed by atoms with Crippen LogP contribution in [0.15, 0.2) is 0 Å². The largest absolute Gasteiger partial charge is 0.390 e. The fourth-order valence-electron chi connectivity index (χ4n) is 1.95. The van der Waals surface area contributed by atoms with Gasteiger partial charge in [0, 0.05) is 18.6 Å². The fourth-order valence-corrected chi connectivity index (χ4v) is 3.71. The van der Waals surface area contributed by atoms with E-state index >= 15 is 0 Å². The predicted octanol–water partition coefficient (Wildman–Crippen LogP) is -1.32. The molecule has 0 radical (unpaired) electrons. The second-order valence-corrected chi connectivity index (χ2v) is 6.73. The van der Waals surface area contributed by atoms with Gasteiger partial charge < -0.3 is 15.3 Å². The molecule has 1 rings (SSSR count). The van der Waals surface area contributed by atoms with E-state index in [4.69, 9.17) is 0 Å². The summed E-state index contributed by atoms with van der Waals surface area (Å²) in [4.78, 5) is 2.02. The lowest BCUT2D eigenvalue weighted by Gasteiger charge is -2.23. The lowest BCUT2D eigenvalue weighted by molar-refractivity contribution is 0.156. The van der Waals surface area contributed by atoms with Crippen LogP contribution < -0.4 is 5.32 Å². The molecule has 0 amide bonds. The Bertz CT molecular complexity index is 302. The monoisotopic (exact) mass is 236 g/mol. The van der Waals surface area contributed by atoms with E-state index in [-0.39, 0.29) is 23.6 Å². The van der Waals surface area contributed by atoms with Crippen LogP contribution in [0.5, 0.6) is 0 Å². The molecule has 1 aliphatic heterocycles. The normalized spacial score (nSPS) is 32.1. The second-order valence-electron chi connectivity index (χ2n) is 4.58. The minimum absolute atomic E-state index is 0.0476. The molecule has 3 unspecified atom stereocenters. The Hall–Kier alpha value is -0.170. The van der Waals surface area contributed by atoms with E-state index < -0.39 is 15.9 Å². The summed E-state index contributed by atoms with van der Waals surface area (Å²) in [7, 11) is 0.872. The van der Waals surface area contributed by atoms with Crippen LogP contribution in [0.2, 0.25) is 0 Å². The molecule has 1 heterocycles. The van der Waals surface area contributed by atoms with Crippen molar-refractivity contribution >= 4 is 9.84 Å². The molecule has 1 saturated heterocycles. The summed E-state index contributed by atoms with van der Waals surface area (Å²) >= 11 is 0. The summed E-state index contributed by atoms with van der Waals surface area (Å²) in [5.41, 5.74) is 0. The van der Waals surface area contributed by atoms with E-state index in [1.807, 2.05) is 25.9 Å². The number of aliphatic hydroxyl groups excluding tert-OH is 1. The molecule has 0 spiro atoms. The SMILES string of the molecule is CC(CN(C)C)NC1CS(=O)(=O)CC1O. The molecular weight excluding hydrogens is 216 g/mol. The van der Waals surface area contributed by atoms with Crippen molar-refractivity contribution in [1.82, 2.24) is 10.2 Å². The highest BCUT2D eigenvalue weighted by Crippen LogP contribution is 2.13. The van der Waals surface area contributed by atoms with Gasteiger partial charge in [-0.1, -0.05) is 0 Å². The lowest BCUT2D eigenvalue weighted by atomic mass is 10.2. The van der Waals surface area contributed by atoms with Crippen molar-refractivity contribution in [3.8, 4) is 0 Å². The van der Waals surface area contributed by atoms with Crippen molar-refractivity contribution in [3.63, 3.8) is 0 Å². The molecular formula is C9H20N2O3S. The molecule has 1 aliphatic rings. The summed E-state index contributed by atoms with van der Waals surface area (Å²) in [6.07, 6.45) is -0.764. The minimum atomic E-state index is -3.04. The third-order valence-corrected chi connectivity index (χ3v) is 4.18. The maximum atomic E-state index is 11.2. The molecule has 3 atom stereocenters. The third-order valence-electron chi connectivity index (χ3n) is 2.46. The lowest BCUT2D eigenvalue weighted by Crippen LogP contribution is -2.47. The first-order valence-electron chi connectivity index (χ1n) is 5.09. The smallest absolute Gasteiger partial charge is 0.154 e. The van der Waals surface area contributed by atoms with E-state index in [2.05, 4.69) is 5.32 Å². The molecule has 1 fully saturated rings. The topological polar surface area (TPSA) is 69.6 Å². The Morgan fingerprint density at radius 3 is 2.47 bits per heavy atom. The molecule has 0 aromatic heterocycles. The van der Waals surface area contributed by atoms with Gasteiger partial charge in [-0.25, -0.2) is 8.42 Å². The van der Waals surface area contributed by atoms with Gasteiger partial charge in [0.2, 0.25) is 0 Å². The molecule has 5 nitrogen and oxygen atoms in total. The van der Waals surface area contributed by atoms with Gasteiger partial charge in [0.15, 0.2) is 9.84 Å². The quantitative estimate of drug-likeness (QED) is 0.634. The molecule has 0 bridgehead atoms. The van der Waals surface area contributed by atoms with Crippen molar-refractivity contribution in [2.24, 2.45) is 0 Å². The zero-order chi connectivity index (χ0) is 11.6. The van der Waals surface area contributed by atoms with Crippen molar-refractivity contribution in [2.45, 2.75) is 25.1 Å². The average molecular weight is 236 g/mol. The Morgan fingerprint density at radius 1 is 1.47 bits per heavy atom. The minimum Gasteiger partial charge on any atom is -0.390 e. The van der Waals surface area contributed by atoms with Crippen LogP contribution in [0.4, 0.5) is 0 Å². The second kappa shape index (κ2) is 4.78. The Kier molecular flexibility index (Phi) is 4.11. The maximum absolute atomic E-state index is 11.2. The van der Waals surface area contributed by atoms with Gasteiger partial charge in [-0.3, -0.25) is 0 Å². The number of hydrogen-bond donors (Lipinski definition) is 2. The van der Waals surface area contributed by atoms with Crippen molar-refractivity contribution in [2.75, 3.05) is 32.1 Å². The van der Waals surface area contributed by atoms with E-state index in [1.54, 1.807) is 0 Å². The van der Waals surface area contributed by atoms with Gasteiger partial charge in [-0.2, -0.15) is 0 Å². The first-order chi connectivity index (χ1) is 6.80. The number of hydrogen-bond acceptors (Lipinski definition) is 5. The Morgan fingerprint density at radius 2 is 2.07 bits per heavy atom. The molecule has 15 heavy (non-hydrogen) atoms. The number of nitrogens with one attached hydrogen (secondary N) is 1. The summed E-state index contributed by atoms with van der Waals surface area (Å²) in [6.45, 7) is 2.81. The Balaban J connectivity index is 2.46. The van der Waals surface area contributed by atoms with Crippen LogP contribution in [0.1, 0.15) is 6.92 Å². The number of aliphatic hydroxyl groups is 1. The molecule has 90 valence electrons. The molecule has 6 heteroatoms. The highest BCUT2D eigenvalue weighted by Gasteiger charge is 2.36. The van der Waals surface area contributed by atoms with Gasteiger partial charge >= 0.3 is 0 Å². The van der Waals surface area contributed by atoms with Crippen LogP contribution in [0.3, 0.4) is 0 Å². The van der Waals surface area contributed by atoms with E-state index in [0.29, 0.717) is 0 Å². The fraction of sp³-hybridized carbons (Fsp3) is 1.00. The van der Waals surface area contributed by atoms with Gasteiger partial charge in [0.1, 0.15) is 0 Å². The zero-order valence-corrected chi connectivity index (χ0v) is 10.3. The zero-order valence-electron chi connectivity index (χ0n) is 9.47. The number of rotatable bonds is 4. The summed E-state index contributed by atoms with van der Waals surface area (Å²) in [5.74, 6) is -0.0642. The summed E-state index contributed by atoms with van der Waals surface area (Å²) in [5, 5.41) is 12.7. The highest BCUT2D eigenvalue weighted by atomic mass is 32.2. The van der Waals surface area contributed by atoms with Crippen molar-refractivity contribution in [1.29, 1.82) is 0 Å². The highest BCUT2D eigenvalue weighted by molar-refractivity contribution is 7.91. The Labute approximate surface area is 91.4 Å². The number of sulfone groups is 1. The maximum Gasteiger partial charge on any atom is 0.154 e. The van der Waals surface area contributed by atoms with Gasteiger partial charge in [-0.15, -0.1) is 0 Å². The molecule has 0 aliphatic carbocycles. The van der Waals surface area contributed by atoms with Crippen molar-refractivity contribution in [3.05, 3.63) is 0 Å². The van der Waals surface area contributed by atoms with E-state index in [9.17, 15) is 13.5 Å². The standard InChI is InChI=1S/C9H20N2O3S/c1-7(4-11(2)3)10-8-5-15(13,14)6-9(8)12/h7-10,12H,4-6H2,1-3H3. The summed E-state index contributed by atoms with van der Waals surface area (Å²) < 4.78 is 22.5. The van der Waals surface area contributed by atoms with Gasteiger partial charge in [0.25, 0.3) is 0 Å². The van der Waals surface area contributed by atoms with Crippen LogP contribution in [0, 0.1) is 0 Å². The van der Waals surface area contributed by atoms with E-state index in [1.165, 1.54) is 0 Å². The van der Waals surface area contributed by atoms with Gasteiger partial charge in [0.05, 0.1) is 17.6 Å².